The van der Waals surface area contributed by atoms with Crippen LogP contribution in [0, 0.1) is 11.3 Å². The van der Waals surface area contributed by atoms with Gasteiger partial charge in [-0.25, -0.2) is 4.98 Å². The van der Waals surface area contributed by atoms with Crippen molar-refractivity contribution in [3.63, 3.8) is 0 Å². The van der Waals surface area contributed by atoms with Crippen molar-refractivity contribution in [2.75, 3.05) is 65.9 Å². The second kappa shape index (κ2) is 11.8. The number of fused-ring (bicyclic) bond motifs is 1. The summed E-state index contributed by atoms with van der Waals surface area (Å²) >= 11 is 12.6. The molecule has 190 valence electrons. The van der Waals surface area contributed by atoms with Crippen LogP contribution < -0.4 is 19.5 Å². The fourth-order valence-corrected chi connectivity index (χ4v) is 4.67. The first-order valence-corrected chi connectivity index (χ1v) is 12.4. The number of anilines is 2. The van der Waals surface area contributed by atoms with E-state index < -0.39 is 0 Å². The quantitative estimate of drug-likeness (QED) is 0.379. The fourth-order valence-electron chi connectivity index (χ4n) is 4.17. The van der Waals surface area contributed by atoms with Gasteiger partial charge in [-0.3, -0.25) is 0 Å². The number of benzene rings is 2. The molecule has 0 unspecified atom stereocenters. The average Bonchev–Trinajstić information content (AvgIpc) is 2.88. The molecule has 0 radical (unpaired) electrons. The summed E-state index contributed by atoms with van der Waals surface area (Å²) in [5.74, 6) is 1.66. The van der Waals surface area contributed by atoms with Crippen LogP contribution in [-0.2, 0) is 0 Å². The van der Waals surface area contributed by atoms with Gasteiger partial charge in [-0.05, 0) is 31.7 Å². The Labute approximate surface area is 221 Å². The second-order valence-electron chi connectivity index (χ2n) is 8.62. The summed E-state index contributed by atoms with van der Waals surface area (Å²) in [7, 11) is 5.28. The Kier molecular flexibility index (Phi) is 8.60. The zero-order valence-corrected chi connectivity index (χ0v) is 22.1. The van der Waals surface area contributed by atoms with Crippen molar-refractivity contribution in [3.05, 3.63) is 46.2 Å². The minimum absolute atomic E-state index is 0.218. The average molecular weight is 530 g/mol. The molecular formula is C26H29Cl2N5O3. The number of nitriles is 1. The minimum atomic E-state index is 0.218. The van der Waals surface area contributed by atoms with Gasteiger partial charge in [0.2, 0.25) is 0 Å². The molecule has 0 aliphatic carbocycles. The predicted octanol–water partition coefficient (Wildman–Crippen LogP) is 5.19. The first-order valence-electron chi connectivity index (χ1n) is 11.7. The molecule has 8 nitrogen and oxygen atoms in total. The second-order valence-corrected chi connectivity index (χ2v) is 9.44. The van der Waals surface area contributed by atoms with Gasteiger partial charge in [0.05, 0.1) is 42.2 Å². The van der Waals surface area contributed by atoms with E-state index in [-0.39, 0.29) is 5.69 Å². The molecule has 1 N–H and O–H groups in total. The molecule has 10 heteroatoms. The van der Waals surface area contributed by atoms with Gasteiger partial charge >= 0.3 is 0 Å². The number of aromatic nitrogens is 1. The molecule has 0 amide bonds. The van der Waals surface area contributed by atoms with Crippen LogP contribution in [-0.4, -0.2) is 75.4 Å². The van der Waals surface area contributed by atoms with Crippen molar-refractivity contribution in [2.24, 2.45) is 0 Å². The van der Waals surface area contributed by atoms with E-state index in [0.717, 1.165) is 49.9 Å². The van der Waals surface area contributed by atoms with E-state index in [1.165, 1.54) is 7.11 Å². The van der Waals surface area contributed by atoms with E-state index in [2.05, 4.69) is 33.2 Å². The largest absolute Gasteiger partial charge is 0.495 e. The van der Waals surface area contributed by atoms with Gasteiger partial charge in [0.15, 0.2) is 17.2 Å². The predicted molar refractivity (Wildman–Crippen MR) is 143 cm³/mol. The molecule has 4 rings (SSSR count). The zero-order valence-electron chi connectivity index (χ0n) is 20.6. The fraction of sp³-hybridized carbons (Fsp3) is 0.385. The molecule has 36 heavy (non-hydrogen) atoms. The number of nitrogens with one attached hydrogen (secondary N) is 1. The van der Waals surface area contributed by atoms with Crippen LogP contribution in [0.25, 0.3) is 10.8 Å². The third-order valence-electron chi connectivity index (χ3n) is 6.25. The summed E-state index contributed by atoms with van der Waals surface area (Å²) < 4.78 is 17.0. The van der Waals surface area contributed by atoms with Crippen molar-refractivity contribution in [3.8, 4) is 23.3 Å². The number of piperazine rings is 1. The maximum atomic E-state index is 9.72. The van der Waals surface area contributed by atoms with Crippen molar-refractivity contribution >= 4 is 45.3 Å². The molecule has 0 saturated carbocycles. The molecule has 1 aliphatic rings. The summed E-state index contributed by atoms with van der Waals surface area (Å²) in [4.78, 5) is 9.15. The monoisotopic (exact) mass is 529 g/mol. The van der Waals surface area contributed by atoms with Crippen LogP contribution in [0.3, 0.4) is 0 Å². The molecule has 0 bridgehead atoms. The summed E-state index contributed by atoms with van der Waals surface area (Å²) in [6, 6.07) is 9.14. The number of hydrogen-bond donors (Lipinski definition) is 1. The number of hydrogen-bond acceptors (Lipinski definition) is 8. The molecule has 1 fully saturated rings. The molecule has 2 aromatic carbocycles. The molecule has 2 heterocycles. The Morgan fingerprint density at radius 2 is 1.75 bits per heavy atom. The smallest absolute Gasteiger partial charge is 0.164 e. The Morgan fingerprint density at radius 1 is 1.00 bits per heavy atom. The van der Waals surface area contributed by atoms with Crippen LogP contribution in [0.1, 0.15) is 12.1 Å². The Morgan fingerprint density at radius 3 is 2.44 bits per heavy atom. The van der Waals surface area contributed by atoms with Crippen molar-refractivity contribution in [1.29, 1.82) is 5.26 Å². The number of nitrogens with zero attached hydrogens (tertiary/aromatic N) is 4. The Bertz CT molecular complexity index is 1270. The van der Waals surface area contributed by atoms with Crippen LogP contribution in [0.15, 0.2) is 30.5 Å². The lowest BCUT2D eigenvalue weighted by Gasteiger charge is -2.32. The minimum Gasteiger partial charge on any atom is -0.495 e. The zero-order chi connectivity index (χ0) is 25.7. The lowest BCUT2D eigenvalue weighted by Crippen LogP contribution is -2.44. The molecule has 1 aliphatic heterocycles. The number of halogens is 2. The number of pyridine rings is 1. The van der Waals surface area contributed by atoms with Crippen LogP contribution in [0.5, 0.6) is 17.2 Å². The number of methoxy groups -OCH3 is 2. The van der Waals surface area contributed by atoms with Gasteiger partial charge in [0, 0.05) is 55.8 Å². The highest BCUT2D eigenvalue weighted by atomic mass is 35.5. The SMILES string of the molecule is COc1cc(Nc2c(C#N)ncc3cc(OCCCN4CCN(C)CC4)c(OC)cc23)c(Cl)cc1Cl. The topological polar surface area (TPSA) is 82.9 Å². The van der Waals surface area contributed by atoms with Crippen LogP contribution in [0.2, 0.25) is 10.0 Å². The van der Waals surface area contributed by atoms with Crippen LogP contribution in [0.4, 0.5) is 11.4 Å². The van der Waals surface area contributed by atoms with Crippen LogP contribution >= 0.6 is 23.2 Å². The van der Waals surface area contributed by atoms with Gasteiger partial charge < -0.3 is 29.3 Å². The summed E-state index contributed by atoms with van der Waals surface area (Å²) in [5.41, 5.74) is 1.25. The van der Waals surface area contributed by atoms with E-state index >= 15 is 0 Å². The highest BCUT2D eigenvalue weighted by molar-refractivity contribution is 6.37. The summed E-state index contributed by atoms with van der Waals surface area (Å²) in [6.07, 6.45) is 2.57. The molecule has 1 aromatic heterocycles. The lowest BCUT2D eigenvalue weighted by atomic mass is 10.1. The molecule has 0 spiro atoms. The van der Waals surface area contributed by atoms with Gasteiger partial charge in [0.1, 0.15) is 11.8 Å². The number of rotatable bonds is 9. The van der Waals surface area contributed by atoms with E-state index in [1.54, 1.807) is 25.4 Å². The first kappa shape index (κ1) is 26.1. The standard InChI is InChI=1S/C26H29Cl2N5O3/c1-32-6-8-33(9-7-32)5-4-10-36-25-11-17-16-30-22(15-29)26(18(17)12-24(25)35-3)31-21-14-23(34-2)20(28)13-19(21)27/h11-14,16,31H,4-10H2,1-3H3. The molecule has 3 aromatic rings. The number of likely N-dealkylation sites (N-methyl/N-ethyl adjacent to an activating group) is 1. The van der Waals surface area contributed by atoms with E-state index in [0.29, 0.717) is 45.3 Å². The summed E-state index contributed by atoms with van der Waals surface area (Å²) in [5, 5.41) is 15.3. The highest BCUT2D eigenvalue weighted by Crippen LogP contribution is 2.40. The van der Waals surface area contributed by atoms with E-state index in [4.69, 9.17) is 37.4 Å². The van der Waals surface area contributed by atoms with Gasteiger partial charge in [0.25, 0.3) is 0 Å². The van der Waals surface area contributed by atoms with Crippen molar-refractivity contribution < 1.29 is 14.2 Å². The third kappa shape index (κ3) is 5.88. The molecule has 0 atom stereocenters. The van der Waals surface area contributed by atoms with E-state index in [1.807, 2.05) is 12.1 Å². The van der Waals surface area contributed by atoms with Gasteiger partial charge in [-0.15, -0.1) is 0 Å². The highest BCUT2D eigenvalue weighted by Gasteiger charge is 2.17. The van der Waals surface area contributed by atoms with E-state index in [9.17, 15) is 5.26 Å². The number of ether oxygens (including phenoxy) is 3. The lowest BCUT2D eigenvalue weighted by molar-refractivity contribution is 0.145. The summed E-state index contributed by atoms with van der Waals surface area (Å²) in [6.45, 7) is 5.94. The van der Waals surface area contributed by atoms with Crippen molar-refractivity contribution in [2.45, 2.75) is 6.42 Å². The Hall–Kier alpha value is -2.96. The normalized spacial score (nSPS) is 14.4. The maximum Gasteiger partial charge on any atom is 0.164 e. The van der Waals surface area contributed by atoms with Gasteiger partial charge in [-0.1, -0.05) is 23.2 Å². The maximum absolute atomic E-state index is 9.72. The first-order chi connectivity index (χ1) is 17.4. The Balaban J connectivity index is 1.57. The molecular weight excluding hydrogens is 501 g/mol. The van der Waals surface area contributed by atoms with Gasteiger partial charge in [-0.2, -0.15) is 5.26 Å². The van der Waals surface area contributed by atoms with Crippen molar-refractivity contribution in [1.82, 2.24) is 14.8 Å². The third-order valence-corrected chi connectivity index (χ3v) is 6.86. The molecule has 1 saturated heterocycles.